The molecule has 0 atom stereocenters. The molecule has 3 fully saturated rings. The van der Waals surface area contributed by atoms with Crippen molar-refractivity contribution in [3.63, 3.8) is 0 Å². The fourth-order valence-corrected chi connectivity index (χ4v) is 4.47. The summed E-state index contributed by atoms with van der Waals surface area (Å²) in [5.74, 6) is 3.84. The second-order valence-electron chi connectivity index (χ2n) is 8.51. The summed E-state index contributed by atoms with van der Waals surface area (Å²) >= 11 is 0. The maximum Gasteiger partial charge on any atom is 0.222 e. The molecule has 3 aliphatic rings. The fourth-order valence-electron chi connectivity index (χ4n) is 4.47. The van der Waals surface area contributed by atoms with Crippen molar-refractivity contribution in [2.24, 2.45) is 13.0 Å². The number of carbonyl (C=O) groups is 1. The molecule has 1 saturated carbocycles. The molecule has 2 saturated heterocycles. The second-order valence-corrected chi connectivity index (χ2v) is 8.51. The molecule has 1 amide bonds. The zero-order valence-corrected chi connectivity index (χ0v) is 16.2. The van der Waals surface area contributed by atoms with Crippen molar-refractivity contribution in [2.75, 3.05) is 26.2 Å². The van der Waals surface area contributed by atoms with Crippen LogP contribution >= 0.6 is 0 Å². The van der Waals surface area contributed by atoms with Gasteiger partial charge in [0.1, 0.15) is 11.6 Å². The number of hydrogen-bond donors (Lipinski definition) is 0. The largest absolute Gasteiger partial charge is 0.343 e. The highest BCUT2D eigenvalue weighted by atomic mass is 16.2. The van der Waals surface area contributed by atoms with Crippen LogP contribution in [0.5, 0.6) is 0 Å². The van der Waals surface area contributed by atoms with E-state index in [4.69, 9.17) is 0 Å². The smallest absolute Gasteiger partial charge is 0.222 e. The molecule has 2 aliphatic heterocycles. The molecule has 1 aromatic heterocycles. The van der Waals surface area contributed by atoms with E-state index in [0.717, 1.165) is 62.9 Å². The third kappa shape index (κ3) is 4.27. The van der Waals surface area contributed by atoms with Crippen molar-refractivity contribution in [3.8, 4) is 0 Å². The van der Waals surface area contributed by atoms with Crippen LogP contribution in [0.2, 0.25) is 0 Å². The van der Waals surface area contributed by atoms with Crippen molar-refractivity contribution in [3.05, 3.63) is 11.6 Å². The Hall–Kier alpha value is -1.43. The summed E-state index contributed by atoms with van der Waals surface area (Å²) in [5.41, 5.74) is 0. The topological polar surface area (TPSA) is 54.3 Å². The Balaban J connectivity index is 1.29. The van der Waals surface area contributed by atoms with Crippen molar-refractivity contribution in [1.82, 2.24) is 24.6 Å². The number of piperidine rings is 2. The van der Waals surface area contributed by atoms with Gasteiger partial charge in [-0.05, 0) is 51.1 Å². The summed E-state index contributed by atoms with van der Waals surface area (Å²) in [6, 6.07) is 0. The molecule has 0 unspecified atom stereocenters. The number of nitrogens with zero attached hydrogens (tertiary/aromatic N) is 5. The molecule has 144 valence electrons. The first-order chi connectivity index (χ1) is 12.7. The number of likely N-dealkylation sites (tertiary alicyclic amines) is 2. The average molecular weight is 360 g/mol. The van der Waals surface area contributed by atoms with Gasteiger partial charge in [0, 0.05) is 32.5 Å². The second kappa shape index (κ2) is 8.07. The van der Waals surface area contributed by atoms with Crippen LogP contribution in [0.15, 0.2) is 0 Å². The predicted molar refractivity (Wildman–Crippen MR) is 101 cm³/mol. The van der Waals surface area contributed by atoms with Gasteiger partial charge in [-0.3, -0.25) is 9.69 Å². The Morgan fingerprint density at radius 2 is 1.73 bits per heavy atom. The molecule has 6 nitrogen and oxygen atoms in total. The first kappa shape index (κ1) is 18.0. The summed E-state index contributed by atoms with van der Waals surface area (Å²) in [6.07, 6.45) is 10.5. The van der Waals surface area contributed by atoms with E-state index in [2.05, 4.69) is 31.6 Å². The van der Waals surface area contributed by atoms with Crippen LogP contribution in [-0.2, 0) is 18.4 Å². The first-order valence-electron chi connectivity index (χ1n) is 10.6. The highest BCUT2D eigenvalue weighted by molar-refractivity contribution is 5.76. The molecule has 1 aliphatic carbocycles. The van der Waals surface area contributed by atoms with Crippen LogP contribution in [0.4, 0.5) is 0 Å². The fraction of sp³-hybridized carbons (Fsp3) is 0.850. The summed E-state index contributed by atoms with van der Waals surface area (Å²) in [4.78, 5) is 16.9. The molecule has 0 bridgehead atoms. The molecule has 0 N–H and O–H groups in total. The Labute approximate surface area is 156 Å². The zero-order chi connectivity index (χ0) is 17.9. The minimum atomic E-state index is 0.360. The quantitative estimate of drug-likeness (QED) is 0.784. The summed E-state index contributed by atoms with van der Waals surface area (Å²) < 4.78 is 2.21. The zero-order valence-electron chi connectivity index (χ0n) is 16.2. The first-order valence-corrected chi connectivity index (χ1v) is 10.6. The molecule has 26 heavy (non-hydrogen) atoms. The van der Waals surface area contributed by atoms with Gasteiger partial charge in [-0.1, -0.05) is 19.3 Å². The van der Waals surface area contributed by atoms with E-state index in [1.54, 1.807) is 0 Å². The molecule has 0 aromatic carbocycles. The Bertz CT molecular complexity index is 610. The van der Waals surface area contributed by atoms with E-state index in [1.807, 2.05) is 0 Å². The van der Waals surface area contributed by atoms with Gasteiger partial charge in [-0.15, -0.1) is 10.2 Å². The van der Waals surface area contributed by atoms with Gasteiger partial charge in [0.15, 0.2) is 0 Å². The van der Waals surface area contributed by atoms with Gasteiger partial charge in [0.05, 0.1) is 6.54 Å². The van der Waals surface area contributed by atoms with Crippen molar-refractivity contribution >= 4 is 5.91 Å². The summed E-state index contributed by atoms with van der Waals surface area (Å²) in [6.45, 7) is 5.04. The van der Waals surface area contributed by atoms with E-state index in [-0.39, 0.29) is 0 Å². The third-order valence-electron chi connectivity index (χ3n) is 6.49. The molecule has 6 heteroatoms. The third-order valence-corrected chi connectivity index (χ3v) is 6.49. The number of hydrogen-bond acceptors (Lipinski definition) is 4. The lowest BCUT2D eigenvalue weighted by atomic mass is 9.95. The summed E-state index contributed by atoms with van der Waals surface area (Å²) in [7, 11) is 2.11. The number of carbonyl (C=O) groups excluding carboxylic acids is 1. The number of aromatic nitrogens is 3. The molecule has 3 heterocycles. The summed E-state index contributed by atoms with van der Waals surface area (Å²) in [5, 5.41) is 9.01. The number of rotatable bonds is 6. The minimum Gasteiger partial charge on any atom is -0.343 e. The highest BCUT2D eigenvalue weighted by Crippen LogP contribution is 2.34. The SMILES string of the molecule is Cn1c(CN2CCCCC2)nnc1C1CCN(C(=O)CCC2CC2)CC1. The van der Waals surface area contributed by atoms with Gasteiger partial charge in [0.25, 0.3) is 0 Å². The van der Waals surface area contributed by atoms with E-state index in [0.29, 0.717) is 11.8 Å². The molecule has 0 spiro atoms. The molecule has 0 radical (unpaired) electrons. The van der Waals surface area contributed by atoms with Crippen LogP contribution in [0.25, 0.3) is 0 Å². The van der Waals surface area contributed by atoms with Crippen LogP contribution in [-0.4, -0.2) is 56.7 Å². The highest BCUT2D eigenvalue weighted by Gasteiger charge is 2.29. The lowest BCUT2D eigenvalue weighted by molar-refractivity contribution is -0.132. The van der Waals surface area contributed by atoms with Gasteiger partial charge >= 0.3 is 0 Å². The number of amides is 1. The Morgan fingerprint density at radius 1 is 1.00 bits per heavy atom. The molecular formula is C20H33N5O. The van der Waals surface area contributed by atoms with Crippen molar-refractivity contribution in [2.45, 2.75) is 70.3 Å². The van der Waals surface area contributed by atoms with Gasteiger partial charge in [-0.2, -0.15) is 0 Å². The van der Waals surface area contributed by atoms with Crippen LogP contribution < -0.4 is 0 Å². The van der Waals surface area contributed by atoms with Crippen molar-refractivity contribution < 1.29 is 4.79 Å². The van der Waals surface area contributed by atoms with Gasteiger partial charge in [0.2, 0.25) is 5.91 Å². The normalized spacial score (nSPS) is 22.7. The Morgan fingerprint density at radius 3 is 2.42 bits per heavy atom. The van der Waals surface area contributed by atoms with Crippen LogP contribution in [0, 0.1) is 5.92 Å². The van der Waals surface area contributed by atoms with Crippen LogP contribution in [0.1, 0.15) is 75.4 Å². The lowest BCUT2D eigenvalue weighted by Crippen LogP contribution is -2.38. The molecular weight excluding hydrogens is 326 g/mol. The van der Waals surface area contributed by atoms with Crippen LogP contribution in [0.3, 0.4) is 0 Å². The van der Waals surface area contributed by atoms with Gasteiger partial charge < -0.3 is 9.47 Å². The minimum absolute atomic E-state index is 0.360. The monoisotopic (exact) mass is 359 g/mol. The lowest BCUT2D eigenvalue weighted by Gasteiger charge is -2.31. The molecule has 4 rings (SSSR count). The van der Waals surface area contributed by atoms with E-state index >= 15 is 0 Å². The maximum atomic E-state index is 12.4. The van der Waals surface area contributed by atoms with E-state index in [1.165, 1.54) is 45.2 Å². The van der Waals surface area contributed by atoms with E-state index < -0.39 is 0 Å². The molecule has 1 aromatic rings. The van der Waals surface area contributed by atoms with Crippen molar-refractivity contribution in [1.29, 1.82) is 0 Å². The average Bonchev–Trinajstić information content (AvgIpc) is 3.44. The van der Waals surface area contributed by atoms with Gasteiger partial charge in [-0.25, -0.2) is 0 Å². The Kier molecular flexibility index (Phi) is 5.57. The standard InChI is InChI=1S/C20H33N5O/c1-23-18(15-24-11-3-2-4-12-24)21-22-20(23)17-9-13-25(14-10-17)19(26)8-7-16-5-6-16/h16-17H,2-15H2,1H3. The predicted octanol–water partition coefficient (Wildman–Crippen LogP) is 2.70. The maximum absolute atomic E-state index is 12.4. The van der Waals surface area contributed by atoms with E-state index in [9.17, 15) is 4.79 Å².